The summed E-state index contributed by atoms with van der Waals surface area (Å²) in [7, 11) is -4.22. The smallest absolute Gasteiger partial charge is 0.506 e. The maximum Gasteiger partial charge on any atom is 0.530 e. The van der Waals surface area contributed by atoms with Gasteiger partial charge in [0.2, 0.25) is 0 Å². The highest BCUT2D eigenvalue weighted by Crippen LogP contribution is 2.51. The molecule has 0 saturated carbocycles. The Morgan fingerprint density at radius 2 is 0.540 bits per heavy atom. The number of benzene rings is 11. The van der Waals surface area contributed by atoms with Gasteiger partial charge in [-0.15, -0.1) is 0 Å². The van der Waals surface area contributed by atoms with Gasteiger partial charge in [0, 0.05) is 0 Å². The zero-order valence-electron chi connectivity index (χ0n) is 33.5. The molecule has 0 unspecified atom stereocenters. The average molecular weight is 859 g/mol. The highest BCUT2D eigenvalue weighted by atomic mass is 31.2. The Morgan fingerprint density at radius 1 is 0.254 bits per heavy atom. The second-order valence-corrected chi connectivity index (χ2v) is 17.0. The van der Waals surface area contributed by atoms with Crippen LogP contribution in [-0.2, 0) is 0 Å². The molecule has 0 bridgehead atoms. The Balaban J connectivity index is 0.972. The normalized spacial score (nSPS) is 11.5. The van der Waals surface area contributed by atoms with Gasteiger partial charge < -0.3 is 32.2 Å². The van der Waals surface area contributed by atoms with E-state index in [4.69, 9.17) is 27.1 Å². The zero-order chi connectivity index (χ0) is 42.1. The number of rotatable bonds is 12. The maximum absolute atomic E-state index is 12.4. The third-order valence-corrected chi connectivity index (χ3v) is 13.0. The molecular formula is C54H36O7P2. The molecule has 11 rings (SSSR count). The molecule has 0 aliphatic carbocycles. The van der Waals surface area contributed by atoms with E-state index in [-0.39, 0.29) is 5.75 Å². The fourth-order valence-electron chi connectivity index (χ4n) is 7.80. The third kappa shape index (κ3) is 8.04. The molecule has 0 saturated heterocycles. The van der Waals surface area contributed by atoms with Crippen molar-refractivity contribution in [1.29, 1.82) is 0 Å². The molecule has 11 aromatic carbocycles. The Morgan fingerprint density at radius 3 is 0.857 bits per heavy atom. The van der Waals surface area contributed by atoms with Crippen LogP contribution in [0, 0.1) is 0 Å². The van der Waals surface area contributed by atoms with Gasteiger partial charge in [0.25, 0.3) is 0 Å². The molecule has 1 N–H and O–H groups in total. The van der Waals surface area contributed by atoms with Crippen LogP contribution in [-0.4, -0.2) is 5.11 Å². The van der Waals surface area contributed by atoms with Crippen LogP contribution >= 0.6 is 17.2 Å². The first-order chi connectivity index (χ1) is 31.1. The number of fused-ring (bicyclic) bond motifs is 6. The lowest BCUT2D eigenvalue weighted by Gasteiger charge is -2.21. The van der Waals surface area contributed by atoms with Gasteiger partial charge >= 0.3 is 17.2 Å². The quantitative estimate of drug-likeness (QED) is 0.0969. The Labute approximate surface area is 365 Å². The van der Waals surface area contributed by atoms with Crippen LogP contribution in [0.1, 0.15) is 0 Å². The molecule has 0 amide bonds. The van der Waals surface area contributed by atoms with Gasteiger partial charge in [-0.1, -0.05) is 146 Å². The summed E-state index contributed by atoms with van der Waals surface area (Å²) in [5, 5.41) is 23.3. The van der Waals surface area contributed by atoms with Crippen molar-refractivity contribution >= 4 is 81.8 Å². The molecule has 0 atom stereocenters. The summed E-state index contributed by atoms with van der Waals surface area (Å²) in [6.07, 6.45) is 0. The summed E-state index contributed by atoms with van der Waals surface area (Å²) < 4.78 is 39.6. The van der Waals surface area contributed by atoms with E-state index in [1.165, 1.54) is 0 Å². The lowest BCUT2D eigenvalue weighted by molar-refractivity contribution is 0.389. The Hall–Kier alpha value is -7.56. The van der Waals surface area contributed by atoms with Crippen molar-refractivity contribution in [3.05, 3.63) is 212 Å². The molecular weight excluding hydrogens is 823 g/mol. The number of aromatic hydroxyl groups is 1. The van der Waals surface area contributed by atoms with Crippen molar-refractivity contribution in [2.24, 2.45) is 0 Å². The van der Waals surface area contributed by atoms with Crippen LogP contribution in [0.3, 0.4) is 0 Å². The van der Waals surface area contributed by atoms with Gasteiger partial charge in [-0.25, -0.2) is 0 Å². The summed E-state index contributed by atoms with van der Waals surface area (Å²) in [5.74, 6) is 3.03. The molecule has 0 aliphatic heterocycles. The minimum absolute atomic E-state index is 0.0357. The highest BCUT2D eigenvalue weighted by molar-refractivity contribution is 7.43. The molecule has 63 heavy (non-hydrogen) atoms. The van der Waals surface area contributed by atoms with Crippen molar-refractivity contribution in [2.45, 2.75) is 0 Å². The van der Waals surface area contributed by atoms with Gasteiger partial charge in [-0.3, -0.25) is 0 Å². The average Bonchev–Trinajstić information content (AvgIpc) is 3.31. The SMILES string of the molecule is Oc1c2c(OP(Oc3ccc4ccccc4c3)Oc3ccc4ccccc4c3)cccc2cc2cccc(OP(Oc3ccc4ccccc4c3)Oc3ccc4ccccc4c3)c12. The van der Waals surface area contributed by atoms with E-state index in [0.717, 1.165) is 53.9 Å². The monoisotopic (exact) mass is 858 g/mol. The van der Waals surface area contributed by atoms with E-state index in [9.17, 15) is 5.11 Å². The highest BCUT2D eigenvalue weighted by Gasteiger charge is 2.26. The minimum atomic E-state index is -2.11. The van der Waals surface area contributed by atoms with Gasteiger partial charge in [0.05, 0.1) is 10.8 Å². The summed E-state index contributed by atoms with van der Waals surface area (Å²) in [5.41, 5.74) is 0. The zero-order valence-corrected chi connectivity index (χ0v) is 35.3. The van der Waals surface area contributed by atoms with E-state index in [1.807, 2.05) is 176 Å². The molecule has 0 heterocycles. The molecule has 0 fully saturated rings. The molecule has 0 radical (unpaired) electrons. The predicted molar refractivity (Wildman–Crippen MR) is 257 cm³/mol. The molecule has 9 heteroatoms. The first-order valence-electron chi connectivity index (χ1n) is 20.4. The van der Waals surface area contributed by atoms with Gasteiger partial charge in [-0.05, 0) is 121 Å². The fraction of sp³-hybridized carbons (Fsp3) is 0. The first kappa shape index (κ1) is 38.4. The van der Waals surface area contributed by atoms with E-state index < -0.39 is 17.2 Å². The van der Waals surface area contributed by atoms with E-state index in [0.29, 0.717) is 45.3 Å². The molecule has 0 spiro atoms. The van der Waals surface area contributed by atoms with E-state index in [2.05, 4.69) is 24.3 Å². The predicted octanol–water partition coefficient (Wildman–Crippen LogP) is 15.8. The lowest BCUT2D eigenvalue weighted by atomic mass is 10.0. The van der Waals surface area contributed by atoms with Gasteiger partial charge in [0.15, 0.2) is 0 Å². The minimum Gasteiger partial charge on any atom is -0.506 e. The maximum atomic E-state index is 12.4. The molecule has 0 aromatic heterocycles. The summed E-state index contributed by atoms with van der Waals surface area (Å²) in [6.45, 7) is 0. The molecule has 304 valence electrons. The van der Waals surface area contributed by atoms with Crippen molar-refractivity contribution in [2.75, 3.05) is 0 Å². The lowest BCUT2D eigenvalue weighted by Crippen LogP contribution is -2.03. The molecule has 7 nitrogen and oxygen atoms in total. The number of phenolic OH excluding ortho intramolecular Hbond substituents is 1. The molecule has 11 aromatic rings. The van der Waals surface area contributed by atoms with Crippen LogP contribution in [0.15, 0.2) is 212 Å². The fourth-order valence-corrected chi connectivity index (χ4v) is 9.79. The standard InChI is InChI=1S/C54H36O7P2/c55-54-52-44(19-9-21-50(52)60-62(56-46-27-23-36-11-1-5-15-40(36)32-46)57-47-28-24-37-12-2-6-16-41(37)33-47)31-45-20-10-22-51(53(45)54)61-63(58-48-29-25-38-13-3-7-17-42(38)34-48)59-49-30-26-39-14-4-8-18-43(39)35-49/h1-35,55H. The van der Waals surface area contributed by atoms with Gasteiger partial charge in [-0.2, -0.15) is 0 Å². The Bertz CT molecular complexity index is 3100. The first-order valence-corrected chi connectivity index (χ1v) is 22.6. The van der Waals surface area contributed by atoms with Crippen molar-refractivity contribution in [3.63, 3.8) is 0 Å². The van der Waals surface area contributed by atoms with E-state index >= 15 is 0 Å². The second kappa shape index (κ2) is 16.7. The number of phenols is 1. The van der Waals surface area contributed by atoms with Crippen LogP contribution < -0.4 is 27.1 Å². The van der Waals surface area contributed by atoms with Crippen LogP contribution in [0.4, 0.5) is 0 Å². The van der Waals surface area contributed by atoms with E-state index in [1.54, 1.807) is 12.1 Å². The van der Waals surface area contributed by atoms with Gasteiger partial charge in [0.1, 0.15) is 40.2 Å². The topological polar surface area (TPSA) is 75.6 Å². The largest absolute Gasteiger partial charge is 0.530 e. The summed E-state index contributed by atoms with van der Waals surface area (Å²) in [4.78, 5) is 0. The second-order valence-electron chi connectivity index (χ2n) is 15.0. The summed E-state index contributed by atoms with van der Waals surface area (Å²) >= 11 is 0. The van der Waals surface area contributed by atoms with Crippen LogP contribution in [0.25, 0.3) is 64.6 Å². The summed E-state index contributed by atoms with van der Waals surface area (Å²) in [6, 6.07) is 69.1. The Kier molecular flexibility index (Phi) is 10.2. The molecule has 0 aliphatic rings. The number of hydrogen-bond donors (Lipinski definition) is 1. The van der Waals surface area contributed by atoms with Crippen molar-refractivity contribution in [1.82, 2.24) is 0 Å². The van der Waals surface area contributed by atoms with Crippen molar-refractivity contribution < 1.29 is 32.2 Å². The van der Waals surface area contributed by atoms with Crippen molar-refractivity contribution in [3.8, 4) is 40.2 Å². The van der Waals surface area contributed by atoms with Crippen LogP contribution in [0.2, 0.25) is 0 Å². The van der Waals surface area contributed by atoms with Crippen LogP contribution in [0.5, 0.6) is 40.2 Å². The number of hydrogen-bond acceptors (Lipinski definition) is 7. The third-order valence-electron chi connectivity index (χ3n) is 10.9.